The average Bonchev–Trinajstić information content (AvgIpc) is 2.75. The first-order valence-electron chi connectivity index (χ1n) is 7.27. The van der Waals surface area contributed by atoms with Crippen LogP contribution in [0.5, 0.6) is 0 Å². The van der Waals surface area contributed by atoms with Gasteiger partial charge in [-0.15, -0.1) is 24.0 Å². The molecule has 1 saturated heterocycles. The van der Waals surface area contributed by atoms with Crippen molar-refractivity contribution in [1.29, 1.82) is 0 Å². The van der Waals surface area contributed by atoms with Crippen molar-refractivity contribution in [3.63, 3.8) is 0 Å². The van der Waals surface area contributed by atoms with Gasteiger partial charge in [-0.25, -0.2) is 4.99 Å². The van der Waals surface area contributed by atoms with Gasteiger partial charge in [-0.2, -0.15) is 0 Å². The quantitative estimate of drug-likeness (QED) is 0.297. The number of aliphatic imine (C=N–C) groups is 1. The minimum absolute atomic E-state index is 0. The first-order chi connectivity index (χ1) is 9.48. The van der Waals surface area contributed by atoms with E-state index in [1.165, 1.54) is 0 Å². The number of hydrogen-bond acceptors (Lipinski definition) is 3. The van der Waals surface area contributed by atoms with Gasteiger partial charge in [0, 0.05) is 33.3 Å². The summed E-state index contributed by atoms with van der Waals surface area (Å²) < 4.78 is 4.89. The van der Waals surface area contributed by atoms with Gasteiger partial charge in [0.25, 0.3) is 0 Å². The Morgan fingerprint density at radius 3 is 2.62 bits per heavy atom. The van der Waals surface area contributed by atoms with Crippen molar-refractivity contribution < 1.29 is 9.53 Å². The molecule has 1 fully saturated rings. The molecule has 7 heteroatoms. The van der Waals surface area contributed by atoms with Crippen molar-refractivity contribution in [2.45, 2.75) is 27.2 Å². The van der Waals surface area contributed by atoms with E-state index < -0.39 is 0 Å². The number of amides is 1. The normalized spacial score (nSPS) is 17.3. The number of nitrogens with zero attached hydrogens (tertiary/aromatic N) is 2. The third-order valence-electron chi connectivity index (χ3n) is 3.31. The molecule has 0 saturated carbocycles. The number of methoxy groups -OCH3 is 1. The van der Waals surface area contributed by atoms with Crippen molar-refractivity contribution in [2.24, 2.45) is 10.4 Å². The molecule has 0 unspecified atom stereocenters. The zero-order chi connectivity index (χ0) is 15.0. The molecule has 6 nitrogen and oxygen atoms in total. The van der Waals surface area contributed by atoms with E-state index in [2.05, 4.69) is 34.4 Å². The summed E-state index contributed by atoms with van der Waals surface area (Å²) in [6.07, 6.45) is 1.15. The van der Waals surface area contributed by atoms with E-state index in [9.17, 15) is 4.79 Å². The van der Waals surface area contributed by atoms with Crippen LogP contribution < -0.4 is 10.6 Å². The first-order valence-corrected chi connectivity index (χ1v) is 7.27. The number of carbonyl (C=O) groups excluding carboxylic acids is 1. The Kier molecular flexibility index (Phi) is 9.93. The summed E-state index contributed by atoms with van der Waals surface area (Å²) in [7, 11) is 1.61. The minimum Gasteiger partial charge on any atom is -0.383 e. The van der Waals surface area contributed by atoms with Crippen LogP contribution in [0.25, 0.3) is 0 Å². The second-order valence-corrected chi connectivity index (χ2v) is 5.85. The molecule has 0 radical (unpaired) electrons. The van der Waals surface area contributed by atoms with E-state index in [0.717, 1.165) is 32.0 Å². The fraction of sp³-hybridized carbons (Fsp3) is 0.857. The number of ether oxygens (including phenoxy) is 1. The Hall–Kier alpha value is -0.570. The molecule has 1 aliphatic rings. The Bertz CT molecular complexity index is 348. The molecule has 0 aromatic heterocycles. The maximum Gasteiger partial charge on any atom is 0.241 e. The highest BCUT2D eigenvalue weighted by Gasteiger charge is 2.30. The summed E-state index contributed by atoms with van der Waals surface area (Å²) >= 11 is 0. The molecule has 1 heterocycles. The summed E-state index contributed by atoms with van der Waals surface area (Å²) in [5.74, 6) is 0.760. The Labute approximate surface area is 145 Å². The molecule has 0 aromatic rings. The van der Waals surface area contributed by atoms with Crippen molar-refractivity contribution in [1.82, 2.24) is 15.5 Å². The lowest BCUT2D eigenvalue weighted by Crippen LogP contribution is -2.41. The van der Waals surface area contributed by atoms with E-state index in [4.69, 9.17) is 4.74 Å². The van der Waals surface area contributed by atoms with Crippen molar-refractivity contribution in [2.75, 3.05) is 46.4 Å². The first kappa shape index (κ1) is 20.4. The van der Waals surface area contributed by atoms with Gasteiger partial charge >= 0.3 is 0 Å². The number of guanidine groups is 1. The summed E-state index contributed by atoms with van der Waals surface area (Å²) in [6.45, 7) is 10.5. The van der Waals surface area contributed by atoms with Crippen LogP contribution in [0.2, 0.25) is 0 Å². The van der Waals surface area contributed by atoms with Crippen LogP contribution >= 0.6 is 24.0 Å². The number of nitrogens with one attached hydrogen (secondary N) is 2. The monoisotopic (exact) mass is 412 g/mol. The average molecular weight is 412 g/mol. The van der Waals surface area contributed by atoms with Crippen LogP contribution in [0.3, 0.4) is 0 Å². The molecule has 0 atom stereocenters. The highest BCUT2D eigenvalue weighted by Crippen LogP contribution is 2.28. The highest BCUT2D eigenvalue weighted by atomic mass is 127. The van der Waals surface area contributed by atoms with Gasteiger partial charge < -0.3 is 20.3 Å². The molecule has 21 heavy (non-hydrogen) atoms. The van der Waals surface area contributed by atoms with Gasteiger partial charge in [0.1, 0.15) is 6.54 Å². The molecule has 124 valence electrons. The van der Waals surface area contributed by atoms with E-state index in [-0.39, 0.29) is 36.4 Å². The van der Waals surface area contributed by atoms with Gasteiger partial charge in [0.15, 0.2) is 5.96 Å². The smallest absolute Gasteiger partial charge is 0.241 e. The third-order valence-corrected chi connectivity index (χ3v) is 3.31. The van der Waals surface area contributed by atoms with Crippen molar-refractivity contribution in [3.8, 4) is 0 Å². The van der Waals surface area contributed by atoms with E-state index in [1.54, 1.807) is 7.11 Å². The molecule has 1 rings (SSSR count). The fourth-order valence-electron chi connectivity index (χ4n) is 2.21. The third kappa shape index (κ3) is 7.85. The fourth-order valence-corrected chi connectivity index (χ4v) is 2.21. The molecular weight excluding hydrogens is 383 g/mol. The minimum atomic E-state index is -0.0732. The molecule has 0 aliphatic carbocycles. The number of carbonyl (C=O) groups is 1. The SMILES string of the molecule is CCNC(=NCC(=O)NCCOC)N1CCC(C)(C)C1.I. The van der Waals surface area contributed by atoms with Gasteiger partial charge in [-0.05, 0) is 18.8 Å². The van der Waals surface area contributed by atoms with Gasteiger partial charge in [0.2, 0.25) is 5.91 Å². The molecule has 0 bridgehead atoms. The lowest BCUT2D eigenvalue weighted by atomic mass is 9.93. The zero-order valence-corrected chi connectivity index (χ0v) is 15.9. The Morgan fingerprint density at radius 1 is 1.38 bits per heavy atom. The van der Waals surface area contributed by atoms with E-state index in [1.807, 2.05) is 6.92 Å². The predicted molar refractivity (Wildman–Crippen MR) is 96.3 cm³/mol. The number of likely N-dealkylation sites (tertiary alicyclic amines) is 1. The van der Waals surface area contributed by atoms with Crippen LogP contribution in [0, 0.1) is 5.41 Å². The zero-order valence-electron chi connectivity index (χ0n) is 13.6. The number of halogens is 1. The Morgan fingerprint density at radius 2 is 2.10 bits per heavy atom. The summed E-state index contributed by atoms with van der Waals surface area (Å²) in [4.78, 5) is 18.3. The second-order valence-electron chi connectivity index (χ2n) is 5.85. The predicted octanol–water partition coefficient (Wildman–Crippen LogP) is 1.06. The van der Waals surface area contributed by atoms with Crippen LogP contribution in [-0.4, -0.2) is 63.2 Å². The number of hydrogen-bond donors (Lipinski definition) is 2. The molecule has 2 N–H and O–H groups in total. The summed E-state index contributed by atoms with van der Waals surface area (Å²) in [5.41, 5.74) is 0.316. The molecule has 0 spiro atoms. The molecule has 0 aromatic carbocycles. The number of rotatable bonds is 6. The second kappa shape index (κ2) is 10.2. The summed E-state index contributed by atoms with van der Waals surface area (Å²) in [5, 5.41) is 6.03. The van der Waals surface area contributed by atoms with Crippen molar-refractivity contribution in [3.05, 3.63) is 0 Å². The Balaban J connectivity index is 0.00000400. The van der Waals surface area contributed by atoms with E-state index >= 15 is 0 Å². The lowest BCUT2D eigenvalue weighted by molar-refractivity contribution is -0.119. The van der Waals surface area contributed by atoms with E-state index in [0.29, 0.717) is 18.6 Å². The highest BCUT2D eigenvalue weighted by molar-refractivity contribution is 14.0. The standard InChI is InChI=1S/C14H28N4O2.HI/c1-5-15-13(18-8-6-14(2,3)11-18)17-10-12(19)16-7-9-20-4;/h5-11H2,1-4H3,(H,15,17)(H,16,19);1H. The van der Waals surface area contributed by atoms with Crippen LogP contribution in [-0.2, 0) is 9.53 Å². The molecule has 1 aliphatic heterocycles. The lowest BCUT2D eigenvalue weighted by Gasteiger charge is -2.23. The van der Waals surface area contributed by atoms with Gasteiger partial charge in [-0.3, -0.25) is 4.79 Å². The topological polar surface area (TPSA) is 66.0 Å². The maximum absolute atomic E-state index is 11.6. The van der Waals surface area contributed by atoms with Gasteiger partial charge in [0.05, 0.1) is 6.61 Å². The van der Waals surface area contributed by atoms with Crippen molar-refractivity contribution >= 4 is 35.8 Å². The molecule has 1 amide bonds. The maximum atomic E-state index is 11.6. The van der Waals surface area contributed by atoms with Crippen LogP contribution in [0.4, 0.5) is 0 Å². The van der Waals surface area contributed by atoms with Crippen LogP contribution in [0.1, 0.15) is 27.2 Å². The summed E-state index contributed by atoms with van der Waals surface area (Å²) in [6, 6.07) is 0. The molecular formula is C14H29IN4O2. The van der Waals surface area contributed by atoms with Gasteiger partial charge in [-0.1, -0.05) is 13.8 Å². The van der Waals surface area contributed by atoms with Crippen LogP contribution in [0.15, 0.2) is 4.99 Å². The largest absolute Gasteiger partial charge is 0.383 e.